The third kappa shape index (κ3) is 5.40. The summed E-state index contributed by atoms with van der Waals surface area (Å²) in [7, 11) is 0. The number of benzene rings is 2. The van der Waals surface area contributed by atoms with Gasteiger partial charge in [-0.25, -0.2) is 4.39 Å². The molecular formula is C26H26FN3O5. The molecule has 0 spiro atoms. The standard InChI is InChI=1S/C26H26FN3O5/c27-17-11-12-19-20(14-28-21(19)13-17)24(33)26(35)30(15-22(31)32)23(16-7-3-1-4-8-16)25(34)29-18-9-5-2-6-10-18/h2,5-6,9-14,16,23,28H,1,3-4,7-8,15H2,(H,29,34)(H,31,32)/t23-/m1/s1. The molecule has 2 aromatic carbocycles. The molecule has 1 fully saturated rings. The van der Waals surface area contributed by atoms with Gasteiger partial charge in [-0.1, -0.05) is 37.5 Å². The fourth-order valence-electron chi connectivity index (χ4n) is 4.77. The van der Waals surface area contributed by atoms with Crippen molar-refractivity contribution in [3.05, 3.63) is 66.1 Å². The van der Waals surface area contributed by atoms with E-state index in [1.54, 1.807) is 30.3 Å². The average molecular weight is 480 g/mol. The molecule has 9 heteroatoms. The van der Waals surface area contributed by atoms with Crippen molar-refractivity contribution < 1.29 is 28.7 Å². The number of anilines is 1. The van der Waals surface area contributed by atoms with Crippen LogP contribution in [-0.4, -0.2) is 51.1 Å². The predicted molar refractivity (Wildman–Crippen MR) is 127 cm³/mol. The molecule has 1 aromatic heterocycles. The topological polar surface area (TPSA) is 120 Å². The Labute approximate surface area is 201 Å². The van der Waals surface area contributed by atoms with E-state index in [-0.39, 0.29) is 11.5 Å². The summed E-state index contributed by atoms with van der Waals surface area (Å²) in [6, 6.07) is 11.3. The van der Waals surface area contributed by atoms with Gasteiger partial charge >= 0.3 is 5.97 Å². The summed E-state index contributed by atoms with van der Waals surface area (Å²) in [6.45, 7) is -0.801. The molecule has 3 N–H and O–H groups in total. The molecule has 0 bridgehead atoms. The first-order valence-corrected chi connectivity index (χ1v) is 11.5. The van der Waals surface area contributed by atoms with E-state index in [1.165, 1.54) is 24.4 Å². The molecule has 3 aromatic rings. The van der Waals surface area contributed by atoms with Crippen LogP contribution in [-0.2, 0) is 14.4 Å². The lowest BCUT2D eigenvalue weighted by Gasteiger charge is -2.36. The fraction of sp³-hybridized carbons (Fsp3) is 0.308. The molecule has 0 saturated heterocycles. The van der Waals surface area contributed by atoms with Gasteiger partial charge in [-0.2, -0.15) is 0 Å². The van der Waals surface area contributed by atoms with Gasteiger partial charge in [0.05, 0.1) is 5.56 Å². The molecule has 0 aliphatic heterocycles. The van der Waals surface area contributed by atoms with E-state index in [9.17, 15) is 28.7 Å². The lowest BCUT2D eigenvalue weighted by Crippen LogP contribution is -2.55. The number of nitrogens with one attached hydrogen (secondary N) is 2. The Morgan fingerprint density at radius 3 is 2.46 bits per heavy atom. The van der Waals surface area contributed by atoms with Crippen molar-refractivity contribution >= 4 is 40.2 Å². The normalized spacial score (nSPS) is 14.9. The Morgan fingerprint density at radius 1 is 1.06 bits per heavy atom. The molecule has 1 saturated carbocycles. The van der Waals surface area contributed by atoms with E-state index >= 15 is 0 Å². The highest BCUT2D eigenvalue weighted by molar-refractivity contribution is 6.45. The Bertz CT molecular complexity index is 1250. The summed E-state index contributed by atoms with van der Waals surface area (Å²) in [5.74, 6) is -4.71. The van der Waals surface area contributed by atoms with Crippen LogP contribution in [0.4, 0.5) is 10.1 Å². The number of para-hydroxylation sites is 1. The molecule has 8 nitrogen and oxygen atoms in total. The molecule has 0 radical (unpaired) electrons. The number of carbonyl (C=O) groups is 4. The number of amides is 2. The van der Waals surface area contributed by atoms with Crippen LogP contribution in [0, 0.1) is 11.7 Å². The van der Waals surface area contributed by atoms with Crippen molar-refractivity contribution in [3.8, 4) is 0 Å². The first-order chi connectivity index (χ1) is 16.8. The lowest BCUT2D eigenvalue weighted by molar-refractivity contribution is -0.147. The van der Waals surface area contributed by atoms with Crippen LogP contribution in [0.1, 0.15) is 42.5 Å². The van der Waals surface area contributed by atoms with Gasteiger partial charge < -0.3 is 20.3 Å². The van der Waals surface area contributed by atoms with Crippen LogP contribution < -0.4 is 5.32 Å². The largest absolute Gasteiger partial charge is 0.480 e. The summed E-state index contributed by atoms with van der Waals surface area (Å²) in [5, 5.41) is 12.7. The number of carbonyl (C=O) groups excluding carboxylic acids is 3. The third-order valence-electron chi connectivity index (χ3n) is 6.39. The summed E-state index contributed by atoms with van der Waals surface area (Å²) in [5.41, 5.74) is 0.828. The Morgan fingerprint density at radius 2 is 1.77 bits per heavy atom. The predicted octanol–water partition coefficient (Wildman–Crippen LogP) is 3.99. The third-order valence-corrected chi connectivity index (χ3v) is 6.39. The van der Waals surface area contributed by atoms with Crippen LogP contribution in [0.5, 0.6) is 0 Å². The zero-order valence-electron chi connectivity index (χ0n) is 19.0. The van der Waals surface area contributed by atoms with Crippen LogP contribution in [0.25, 0.3) is 10.9 Å². The van der Waals surface area contributed by atoms with E-state index in [2.05, 4.69) is 10.3 Å². The number of carboxylic acids is 1. The quantitative estimate of drug-likeness (QED) is 0.333. The lowest BCUT2D eigenvalue weighted by atomic mass is 9.82. The van der Waals surface area contributed by atoms with E-state index in [0.29, 0.717) is 29.4 Å². The smallest absolute Gasteiger partial charge is 0.323 e. The molecule has 0 unspecified atom stereocenters. The zero-order valence-corrected chi connectivity index (χ0v) is 19.0. The van der Waals surface area contributed by atoms with Gasteiger partial charge in [0, 0.05) is 22.8 Å². The number of aliphatic carboxylic acids is 1. The van der Waals surface area contributed by atoms with Gasteiger partial charge in [-0.3, -0.25) is 19.2 Å². The number of carboxylic acid groups (broad SMARTS) is 1. The Balaban J connectivity index is 1.69. The molecule has 1 aliphatic rings. The second-order valence-corrected chi connectivity index (χ2v) is 8.75. The van der Waals surface area contributed by atoms with Crippen molar-refractivity contribution in [1.29, 1.82) is 0 Å². The Hall–Kier alpha value is -4.01. The van der Waals surface area contributed by atoms with E-state index in [4.69, 9.17) is 0 Å². The van der Waals surface area contributed by atoms with E-state index in [1.807, 2.05) is 0 Å². The number of H-pyrrole nitrogens is 1. The van der Waals surface area contributed by atoms with Gasteiger partial charge in [-0.15, -0.1) is 0 Å². The summed E-state index contributed by atoms with van der Waals surface area (Å²) in [6.07, 6.45) is 5.24. The molecule has 35 heavy (non-hydrogen) atoms. The highest BCUT2D eigenvalue weighted by atomic mass is 19.1. The number of ketones is 1. The molecule has 1 aliphatic carbocycles. The molecule has 1 atom stereocenters. The maximum Gasteiger partial charge on any atom is 0.323 e. The molecule has 4 rings (SSSR count). The summed E-state index contributed by atoms with van der Waals surface area (Å²) >= 11 is 0. The number of aromatic nitrogens is 1. The SMILES string of the molecule is O=C(O)CN(C(=O)C(=O)c1c[nH]c2cc(F)ccc12)[C@@H](C(=O)Nc1ccccc1)C1CCCCC1. The van der Waals surface area contributed by atoms with Crippen LogP contribution in [0.2, 0.25) is 0 Å². The van der Waals surface area contributed by atoms with Gasteiger partial charge in [0.2, 0.25) is 5.91 Å². The first kappa shape index (κ1) is 24.1. The number of Topliss-reactive ketones (excluding diaryl/α,β-unsaturated/α-hetero) is 1. The average Bonchev–Trinajstić information content (AvgIpc) is 3.26. The first-order valence-electron chi connectivity index (χ1n) is 11.5. The Kier molecular flexibility index (Phi) is 7.24. The van der Waals surface area contributed by atoms with Crippen LogP contribution in [0.3, 0.4) is 0 Å². The second kappa shape index (κ2) is 10.5. The van der Waals surface area contributed by atoms with Crippen molar-refractivity contribution in [2.45, 2.75) is 38.1 Å². The number of nitrogens with zero attached hydrogens (tertiary/aromatic N) is 1. The molecular weight excluding hydrogens is 453 g/mol. The van der Waals surface area contributed by atoms with Gasteiger partial charge in [0.15, 0.2) is 0 Å². The van der Waals surface area contributed by atoms with Crippen molar-refractivity contribution in [3.63, 3.8) is 0 Å². The van der Waals surface area contributed by atoms with Gasteiger partial charge in [0.1, 0.15) is 18.4 Å². The van der Waals surface area contributed by atoms with Gasteiger partial charge in [0.25, 0.3) is 11.7 Å². The monoisotopic (exact) mass is 479 g/mol. The summed E-state index contributed by atoms with van der Waals surface area (Å²) < 4.78 is 13.6. The zero-order chi connectivity index (χ0) is 24.9. The minimum atomic E-state index is -1.33. The highest BCUT2D eigenvalue weighted by Gasteiger charge is 2.40. The molecule has 2 amide bonds. The van der Waals surface area contributed by atoms with E-state index < -0.39 is 42.0 Å². The van der Waals surface area contributed by atoms with Gasteiger partial charge in [-0.05, 0) is 49.1 Å². The minimum Gasteiger partial charge on any atom is -0.480 e. The van der Waals surface area contributed by atoms with Crippen molar-refractivity contribution in [2.75, 3.05) is 11.9 Å². The number of hydrogen-bond donors (Lipinski definition) is 3. The number of rotatable bonds is 8. The number of fused-ring (bicyclic) bond motifs is 1. The number of hydrogen-bond acceptors (Lipinski definition) is 4. The highest BCUT2D eigenvalue weighted by Crippen LogP contribution is 2.31. The maximum absolute atomic E-state index is 13.6. The molecule has 182 valence electrons. The minimum absolute atomic E-state index is 0.00810. The summed E-state index contributed by atoms with van der Waals surface area (Å²) in [4.78, 5) is 55.6. The molecule has 1 heterocycles. The van der Waals surface area contributed by atoms with Crippen LogP contribution in [0.15, 0.2) is 54.7 Å². The van der Waals surface area contributed by atoms with Crippen LogP contribution >= 0.6 is 0 Å². The number of halogens is 1. The fourth-order valence-corrected chi connectivity index (χ4v) is 4.77. The number of aromatic amines is 1. The van der Waals surface area contributed by atoms with Crippen molar-refractivity contribution in [1.82, 2.24) is 9.88 Å². The second-order valence-electron chi connectivity index (χ2n) is 8.75. The van der Waals surface area contributed by atoms with Crippen molar-refractivity contribution in [2.24, 2.45) is 5.92 Å². The maximum atomic E-state index is 13.6. The van der Waals surface area contributed by atoms with E-state index in [0.717, 1.165) is 24.2 Å².